The molecule has 2 heterocycles. The van der Waals surface area contributed by atoms with Gasteiger partial charge in [0.25, 0.3) is 11.1 Å². The van der Waals surface area contributed by atoms with E-state index in [-0.39, 0.29) is 21.4 Å². The minimum atomic E-state index is -0.688. The van der Waals surface area contributed by atoms with Crippen LogP contribution in [0.25, 0.3) is 6.08 Å². The Bertz CT molecular complexity index is 860. The van der Waals surface area contributed by atoms with Crippen molar-refractivity contribution in [3.8, 4) is 0 Å². The molecular formula is C14H7ClN2O5S. The van der Waals surface area contributed by atoms with Gasteiger partial charge in [0, 0.05) is 6.08 Å². The van der Waals surface area contributed by atoms with Crippen LogP contribution in [0.15, 0.2) is 45.7 Å². The summed E-state index contributed by atoms with van der Waals surface area (Å²) < 4.78 is 4.96. The first kappa shape index (κ1) is 15.3. The van der Waals surface area contributed by atoms with Crippen molar-refractivity contribution in [3.63, 3.8) is 0 Å². The second-order valence-corrected chi connectivity index (χ2v) is 5.80. The van der Waals surface area contributed by atoms with E-state index in [0.717, 1.165) is 4.90 Å². The predicted molar refractivity (Wildman–Crippen MR) is 85.3 cm³/mol. The number of benzene rings is 1. The Hall–Kier alpha value is -2.58. The molecule has 1 aromatic heterocycles. The van der Waals surface area contributed by atoms with Crippen LogP contribution in [-0.2, 0) is 4.79 Å². The molecule has 0 aliphatic carbocycles. The molecule has 7 nitrogen and oxygen atoms in total. The summed E-state index contributed by atoms with van der Waals surface area (Å²) in [4.78, 5) is 35.4. The first-order valence-electron chi connectivity index (χ1n) is 6.24. The highest BCUT2D eigenvalue weighted by atomic mass is 35.5. The second-order valence-electron chi connectivity index (χ2n) is 4.40. The number of hydrogen-bond donors (Lipinski definition) is 0. The van der Waals surface area contributed by atoms with Crippen LogP contribution in [0.1, 0.15) is 5.76 Å². The number of para-hydroxylation sites is 1. The molecule has 1 aromatic carbocycles. The minimum absolute atomic E-state index is 0.0965. The van der Waals surface area contributed by atoms with E-state index < -0.39 is 22.0 Å². The van der Waals surface area contributed by atoms with E-state index in [2.05, 4.69) is 0 Å². The maximum atomic E-state index is 12.4. The van der Waals surface area contributed by atoms with E-state index in [1.54, 1.807) is 24.3 Å². The maximum Gasteiger partial charge on any atom is 0.433 e. The molecule has 2 aromatic rings. The molecule has 0 atom stereocenters. The summed E-state index contributed by atoms with van der Waals surface area (Å²) in [5.41, 5.74) is 0.283. The summed E-state index contributed by atoms with van der Waals surface area (Å²) in [6.45, 7) is 0. The summed E-state index contributed by atoms with van der Waals surface area (Å²) in [7, 11) is 0. The molecule has 1 aliphatic heterocycles. The van der Waals surface area contributed by atoms with Gasteiger partial charge in [0.05, 0.1) is 21.7 Å². The van der Waals surface area contributed by atoms with E-state index in [9.17, 15) is 19.7 Å². The van der Waals surface area contributed by atoms with Gasteiger partial charge in [-0.15, -0.1) is 0 Å². The molecule has 0 saturated carbocycles. The van der Waals surface area contributed by atoms with Crippen molar-refractivity contribution in [2.75, 3.05) is 4.90 Å². The number of halogens is 1. The standard InChI is InChI=1S/C14H7ClN2O5S/c15-9-3-1-2-4-10(9)16-13(18)11(23-14(16)19)7-8-5-6-12(22-8)17(20)21/h1-7H/b11-7-. The summed E-state index contributed by atoms with van der Waals surface area (Å²) in [5.74, 6) is -0.893. The zero-order valence-corrected chi connectivity index (χ0v) is 12.8. The fourth-order valence-electron chi connectivity index (χ4n) is 1.96. The molecule has 0 spiro atoms. The van der Waals surface area contributed by atoms with Crippen LogP contribution < -0.4 is 4.90 Å². The van der Waals surface area contributed by atoms with Crippen molar-refractivity contribution >= 4 is 52.2 Å². The van der Waals surface area contributed by atoms with Gasteiger partial charge in [-0.05, 0) is 30.0 Å². The van der Waals surface area contributed by atoms with E-state index in [4.69, 9.17) is 16.0 Å². The van der Waals surface area contributed by atoms with Gasteiger partial charge in [-0.2, -0.15) is 0 Å². The van der Waals surface area contributed by atoms with Crippen LogP contribution in [-0.4, -0.2) is 16.1 Å². The van der Waals surface area contributed by atoms with E-state index in [1.165, 1.54) is 18.2 Å². The van der Waals surface area contributed by atoms with Crippen molar-refractivity contribution in [2.45, 2.75) is 0 Å². The van der Waals surface area contributed by atoms with E-state index in [1.807, 2.05) is 0 Å². The molecular weight excluding hydrogens is 344 g/mol. The predicted octanol–water partition coefficient (Wildman–Crippen LogP) is 4.08. The molecule has 0 radical (unpaired) electrons. The molecule has 9 heteroatoms. The number of thioether (sulfide) groups is 1. The molecule has 1 saturated heterocycles. The monoisotopic (exact) mass is 350 g/mol. The van der Waals surface area contributed by atoms with Crippen LogP contribution in [0.3, 0.4) is 0 Å². The van der Waals surface area contributed by atoms with Gasteiger partial charge in [-0.1, -0.05) is 23.7 Å². The highest BCUT2D eigenvalue weighted by Gasteiger charge is 2.37. The third-order valence-corrected chi connectivity index (χ3v) is 4.14. The average Bonchev–Trinajstić information content (AvgIpc) is 3.07. The molecule has 3 rings (SSSR count). The molecule has 0 bridgehead atoms. The number of rotatable bonds is 3. The molecule has 23 heavy (non-hydrogen) atoms. The fraction of sp³-hybridized carbons (Fsp3) is 0. The van der Waals surface area contributed by atoms with Crippen LogP contribution in [0.4, 0.5) is 16.4 Å². The topological polar surface area (TPSA) is 93.7 Å². The number of imide groups is 1. The molecule has 116 valence electrons. The number of furan rings is 1. The highest BCUT2D eigenvalue weighted by molar-refractivity contribution is 8.19. The molecule has 0 unspecified atom stereocenters. The highest BCUT2D eigenvalue weighted by Crippen LogP contribution is 2.38. The lowest BCUT2D eigenvalue weighted by atomic mass is 10.3. The first-order chi connectivity index (χ1) is 11.0. The van der Waals surface area contributed by atoms with Crippen LogP contribution >= 0.6 is 23.4 Å². The summed E-state index contributed by atoms with van der Waals surface area (Å²) in [5, 5.41) is 10.3. The van der Waals surface area contributed by atoms with Crippen molar-refractivity contribution in [1.29, 1.82) is 0 Å². The lowest BCUT2D eigenvalue weighted by Gasteiger charge is -2.13. The average molecular weight is 351 g/mol. The quantitative estimate of drug-likeness (QED) is 0.470. The Balaban J connectivity index is 1.93. The van der Waals surface area contributed by atoms with E-state index >= 15 is 0 Å². The third kappa shape index (κ3) is 2.86. The van der Waals surface area contributed by atoms with Crippen molar-refractivity contribution in [1.82, 2.24) is 0 Å². The first-order valence-corrected chi connectivity index (χ1v) is 7.43. The van der Waals surface area contributed by atoms with E-state index in [0.29, 0.717) is 11.8 Å². The second kappa shape index (κ2) is 5.90. The largest absolute Gasteiger partial charge is 0.433 e. The van der Waals surface area contributed by atoms with Gasteiger partial charge in [0.1, 0.15) is 10.7 Å². The summed E-state index contributed by atoms with van der Waals surface area (Å²) in [6.07, 6.45) is 1.29. The van der Waals surface area contributed by atoms with Gasteiger partial charge in [0.15, 0.2) is 0 Å². The Morgan fingerprint density at radius 2 is 1.96 bits per heavy atom. The lowest BCUT2D eigenvalue weighted by molar-refractivity contribution is -0.402. The van der Waals surface area contributed by atoms with Crippen LogP contribution in [0, 0.1) is 10.1 Å². The Kier molecular flexibility index (Phi) is 3.93. The summed E-state index contributed by atoms with van der Waals surface area (Å²) in [6, 6.07) is 8.98. The van der Waals surface area contributed by atoms with Gasteiger partial charge in [-0.25, -0.2) is 4.90 Å². The number of nitrogens with zero attached hydrogens (tertiary/aromatic N) is 2. The Morgan fingerprint density at radius 1 is 1.22 bits per heavy atom. The number of carbonyl (C=O) groups excluding carboxylic acids is 2. The van der Waals surface area contributed by atoms with Gasteiger partial charge in [-0.3, -0.25) is 19.7 Å². The number of hydrogen-bond acceptors (Lipinski definition) is 6. The lowest BCUT2D eigenvalue weighted by Crippen LogP contribution is -2.27. The molecule has 1 aliphatic rings. The minimum Gasteiger partial charge on any atom is -0.401 e. The SMILES string of the molecule is O=C1S/C(=C\c2ccc([N+](=O)[O-])o2)C(=O)N1c1ccccc1Cl. The normalized spacial score (nSPS) is 16.4. The Morgan fingerprint density at radius 3 is 2.61 bits per heavy atom. The Labute approximate surface area is 138 Å². The molecule has 0 N–H and O–H groups in total. The smallest absolute Gasteiger partial charge is 0.401 e. The molecule has 1 fully saturated rings. The summed E-state index contributed by atoms with van der Waals surface area (Å²) >= 11 is 6.72. The van der Waals surface area contributed by atoms with Gasteiger partial charge in [0.2, 0.25) is 0 Å². The number of amides is 2. The van der Waals surface area contributed by atoms with Crippen LogP contribution in [0.2, 0.25) is 5.02 Å². The van der Waals surface area contributed by atoms with Crippen molar-refractivity contribution < 1.29 is 18.9 Å². The van der Waals surface area contributed by atoms with Crippen molar-refractivity contribution in [3.05, 3.63) is 62.2 Å². The zero-order chi connectivity index (χ0) is 16.6. The maximum absolute atomic E-state index is 12.4. The van der Waals surface area contributed by atoms with Crippen LogP contribution in [0.5, 0.6) is 0 Å². The fourth-order valence-corrected chi connectivity index (χ4v) is 2.99. The zero-order valence-electron chi connectivity index (χ0n) is 11.3. The van der Waals surface area contributed by atoms with Gasteiger partial charge < -0.3 is 4.42 Å². The third-order valence-electron chi connectivity index (χ3n) is 2.95. The molecule has 2 amide bonds. The number of nitro groups is 1. The number of carbonyl (C=O) groups is 2. The number of anilines is 1. The van der Waals surface area contributed by atoms with Gasteiger partial charge >= 0.3 is 5.88 Å². The van der Waals surface area contributed by atoms with Crippen molar-refractivity contribution in [2.24, 2.45) is 0 Å².